The van der Waals surface area contributed by atoms with Gasteiger partial charge in [0.1, 0.15) is 18.7 Å². The maximum Gasteiger partial charge on any atom is 0.290 e. The SMILES string of the molecule is CCOc1ccc([C@@H]2C(C(=O)c3cc4ccccc4o3)=C(O)C(=O)N2CC[NH+]2CCOCC2)cc1OC. The van der Waals surface area contributed by atoms with Crippen molar-refractivity contribution in [1.29, 1.82) is 0 Å². The number of Topliss-reactive ketones (excluding diaryl/α,β-unsaturated/α-hetero) is 1. The first-order valence-electron chi connectivity index (χ1n) is 12.5. The van der Waals surface area contributed by atoms with Gasteiger partial charge in [0.05, 0.1) is 51.6 Å². The van der Waals surface area contributed by atoms with Gasteiger partial charge in [-0.25, -0.2) is 0 Å². The van der Waals surface area contributed by atoms with Crippen LogP contribution in [0.2, 0.25) is 0 Å². The van der Waals surface area contributed by atoms with Crippen LogP contribution < -0.4 is 14.4 Å². The van der Waals surface area contributed by atoms with E-state index in [0.29, 0.717) is 55.6 Å². The second-order valence-electron chi connectivity index (χ2n) is 9.10. The van der Waals surface area contributed by atoms with Crippen molar-refractivity contribution in [3.63, 3.8) is 0 Å². The van der Waals surface area contributed by atoms with Gasteiger partial charge in [0, 0.05) is 5.39 Å². The summed E-state index contributed by atoms with van der Waals surface area (Å²) >= 11 is 0. The van der Waals surface area contributed by atoms with E-state index in [0.717, 1.165) is 18.5 Å². The number of aliphatic hydroxyl groups excluding tert-OH is 1. The number of furan rings is 1. The first-order valence-corrected chi connectivity index (χ1v) is 12.5. The minimum atomic E-state index is -0.807. The monoisotopic (exact) mass is 507 g/mol. The molecule has 5 rings (SSSR count). The summed E-state index contributed by atoms with van der Waals surface area (Å²) < 4.78 is 22.4. The van der Waals surface area contributed by atoms with Crippen molar-refractivity contribution < 1.29 is 38.2 Å². The van der Waals surface area contributed by atoms with E-state index in [1.54, 1.807) is 35.2 Å². The highest BCUT2D eigenvalue weighted by molar-refractivity contribution is 6.16. The number of methoxy groups -OCH3 is 1. The third-order valence-electron chi connectivity index (χ3n) is 6.91. The zero-order valence-electron chi connectivity index (χ0n) is 21.0. The molecule has 9 nitrogen and oxygen atoms in total. The smallest absolute Gasteiger partial charge is 0.290 e. The first kappa shape index (κ1) is 24.9. The number of quaternary nitrogens is 1. The molecular formula is C28H31N2O7+. The number of hydrogen-bond acceptors (Lipinski definition) is 7. The van der Waals surface area contributed by atoms with E-state index in [4.69, 9.17) is 18.6 Å². The van der Waals surface area contributed by atoms with Crippen molar-refractivity contribution in [3.05, 3.63) is 71.2 Å². The Morgan fingerprint density at radius 3 is 2.65 bits per heavy atom. The van der Waals surface area contributed by atoms with E-state index >= 15 is 0 Å². The predicted octanol–water partition coefficient (Wildman–Crippen LogP) is 2.33. The highest BCUT2D eigenvalue weighted by Crippen LogP contribution is 2.42. The number of ketones is 1. The Hall–Kier alpha value is -3.82. The van der Waals surface area contributed by atoms with Gasteiger partial charge in [-0.2, -0.15) is 0 Å². The fraction of sp³-hybridized carbons (Fsp3) is 0.357. The van der Waals surface area contributed by atoms with Crippen LogP contribution in [-0.2, 0) is 9.53 Å². The van der Waals surface area contributed by atoms with E-state index in [1.165, 1.54) is 12.0 Å². The average Bonchev–Trinajstić information content (AvgIpc) is 3.47. The number of ether oxygens (including phenoxy) is 3. The number of amides is 1. The molecule has 1 atom stereocenters. The van der Waals surface area contributed by atoms with E-state index in [-0.39, 0.29) is 11.3 Å². The molecule has 3 aromatic rings. The second kappa shape index (κ2) is 10.7. The zero-order valence-corrected chi connectivity index (χ0v) is 21.0. The highest BCUT2D eigenvalue weighted by atomic mass is 16.5. The van der Waals surface area contributed by atoms with Gasteiger partial charge in [0.25, 0.3) is 5.91 Å². The molecular weight excluding hydrogens is 476 g/mol. The van der Waals surface area contributed by atoms with Gasteiger partial charge in [-0.3, -0.25) is 9.59 Å². The molecule has 0 spiro atoms. The molecule has 1 aromatic heterocycles. The summed E-state index contributed by atoms with van der Waals surface area (Å²) in [7, 11) is 1.54. The average molecular weight is 508 g/mol. The van der Waals surface area contributed by atoms with E-state index in [9.17, 15) is 14.7 Å². The van der Waals surface area contributed by atoms with Crippen molar-refractivity contribution in [2.24, 2.45) is 0 Å². The number of nitrogens with zero attached hydrogens (tertiary/aromatic N) is 1. The van der Waals surface area contributed by atoms with Crippen LogP contribution in [-0.4, -0.2) is 74.8 Å². The van der Waals surface area contributed by atoms with Crippen LogP contribution in [0.1, 0.15) is 29.1 Å². The van der Waals surface area contributed by atoms with Crippen LogP contribution in [0, 0.1) is 0 Å². The Morgan fingerprint density at radius 1 is 1.14 bits per heavy atom. The molecule has 3 heterocycles. The minimum Gasteiger partial charge on any atom is -0.503 e. The van der Waals surface area contributed by atoms with Crippen LogP contribution in [0.15, 0.2) is 64.3 Å². The lowest BCUT2D eigenvalue weighted by Crippen LogP contribution is -3.14. The molecule has 0 saturated carbocycles. The number of para-hydroxylation sites is 1. The molecule has 1 fully saturated rings. The molecule has 1 saturated heterocycles. The van der Waals surface area contributed by atoms with Crippen molar-refractivity contribution in [2.75, 3.05) is 53.1 Å². The first-order chi connectivity index (χ1) is 18.0. The number of rotatable bonds is 9. The molecule has 0 bridgehead atoms. The number of aliphatic hydroxyl groups is 1. The molecule has 9 heteroatoms. The van der Waals surface area contributed by atoms with Crippen LogP contribution in [0.5, 0.6) is 11.5 Å². The topological polar surface area (TPSA) is 103 Å². The van der Waals surface area contributed by atoms with Crippen LogP contribution in [0.3, 0.4) is 0 Å². The Balaban J connectivity index is 1.53. The molecule has 194 valence electrons. The molecule has 2 aliphatic heterocycles. The number of fused-ring (bicyclic) bond motifs is 1. The highest BCUT2D eigenvalue weighted by Gasteiger charge is 2.45. The van der Waals surface area contributed by atoms with Crippen molar-refractivity contribution in [1.82, 2.24) is 4.90 Å². The fourth-order valence-electron chi connectivity index (χ4n) is 5.01. The minimum absolute atomic E-state index is 0.00718. The number of benzene rings is 2. The van der Waals surface area contributed by atoms with Gasteiger partial charge in [-0.1, -0.05) is 24.3 Å². The maximum atomic E-state index is 13.8. The number of nitrogens with one attached hydrogen (secondary N) is 1. The lowest BCUT2D eigenvalue weighted by atomic mass is 9.94. The number of hydrogen-bond donors (Lipinski definition) is 2. The fourth-order valence-corrected chi connectivity index (χ4v) is 5.01. The quantitative estimate of drug-likeness (QED) is 0.429. The molecule has 0 radical (unpaired) electrons. The standard InChI is InChI=1S/C28H30N2O7/c1-3-36-21-9-8-19(17-22(21)34-2)25-24(26(31)23-16-18-6-4-5-7-20(18)37-23)27(32)28(33)30(25)11-10-29-12-14-35-15-13-29/h4-9,16-17,25,32H,3,10-15H2,1-2H3/p+1/t25-/m1/s1. The summed E-state index contributed by atoms with van der Waals surface area (Å²) in [6.45, 7) is 6.38. The van der Waals surface area contributed by atoms with Crippen molar-refractivity contribution in [3.8, 4) is 11.5 Å². The third-order valence-corrected chi connectivity index (χ3v) is 6.91. The summed E-state index contributed by atoms with van der Waals surface area (Å²) in [4.78, 5) is 30.0. The molecule has 2 aliphatic rings. The Kier molecular flexibility index (Phi) is 7.16. The summed E-state index contributed by atoms with van der Waals surface area (Å²) in [5.41, 5.74) is 1.18. The number of carbonyl (C=O) groups is 2. The third kappa shape index (κ3) is 4.80. The predicted molar refractivity (Wildman–Crippen MR) is 135 cm³/mol. The lowest BCUT2D eigenvalue weighted by molar-refractivity contribution is -0.907. The molecule has 37 heavy (non-hydrogen) atoms. The second-order valence-corrected chi connectivity index (χ2v) is 9.10. The van der Waals surface area contributed by atoms with Gasteiger partial charge >= 0.3 is 0 Å². The Labute approximate surface area is 214 Å². The summed E-state index contributed by atoms with van der Waals surface area (Å²) in [5, 5.41) is 11.8. The summed E-state index contributed by atoms with van der Waals surface area (Å²) in [5.74, 6) is -0.557. The van der Waals surface area contributed by atoms with Gasteiger partial charge in [-0.15, -0.1) is 0 Å². The van der Waals surface area contributed by atoms with Crippen LogP contribution >= 0.6 is 0 Å². The zero-order chi connectivity index (χ0) is 25.9. The molecule has 0 unspecified atom stereocenters. The van der Waals surface area contributed by atoms with E-state index in [2.05, 4.69) is 0 Å². The van der Waals surface area contributed by atoms with Crippen molar-refractivity contribution >= 4 is 22.7 Å². The summed E-state index contributed by atoms with van der Waals surface area (Å²) in [6.07, 6.45) is 0. The van der Waals surface area contributed by atoms with Gasteiger partial charge in [-0.05, 0) is 36.8 Å². The largest absolute Gasteiger partial charge is 0.503 e. The Bertz CT molecular complexity index is 1310. The van der Waals surface area contributed by atoms with Gasteiger partial charge in [0.2, 0.25) is 5.78 Å². The summed E-state index contributed by atoms with van der Waals surface area (Å²) in [6, 6.07) is 13.4. The number of carbonyl (C=O) groups excluding carboxylic acids is 2. The number of morpholine rings is 1. The Morgan fingerprint density at radius 2 is 1.92 bits per heavy atom. The van der Waals surface area contributed by atoms with E-state index < -0.39 is 23.5 Å². The molecule has 0 aliphatic carbocycles. The molecule has 2 N–H and O–H groups in total. The lowest BCUT2D eigenvalue weighted by Gasteiger charge is -2.30. The van der Waals surface area contributed by atoms with E-state index in [1.807, 2.05) is 25.1 Å². The molecule has 1 amide bonds. The maximum absolute atomic E-state index is 13.8. The van der Waals surface area contributed by atoms with Crippen LogP contribution in [0.4, 0.5) is 0 Å². The normalized spacial score (nSPS) is 18.6. The van der Waals surface area contributed by atoms with Gasteiger partial charge in [0.15, 0.2) is 23.0 Å². The molecule has 2 aromatic carbocycles. The van der Waals surface area contributed by atoms with Gasteiger partial charge < -0.3 is 33.5 Å². The van der Waals surface area contributed by atoms with Crippen LogP contribution in [0.25, 0.3) is 11.0 Å². The van der Waals surface area contributed by atoms with Crippen molar-refractivity contribution in [2.45, 2.75) is 13.0 Å².